The standard InChI is InChI=1S/C15H16N6O/c1-20-8-11(7-16-20)15(22)17-12-5-6-13-18-19-14(21(13)9-12)10-3-2-4-10/h5-10H,2-4H2,1H3,(H,17,22). The average Bonchev–Trinajstić information content (AvgIpc) is 3.04. The van der Waals surface area contributed by atoms with Gasteiger partial charge in [-0.2, -0.15) is 5.10 Å². The van der Waals surface area contributed by atoms with Gasteiger partial charge < -0.3 is 5.32 Å². The fraction of sp³-hybridized carbons (Fsp3) is 0.333. The number of aromatic nitrogens is 5. The Morgan fingerprint density at radius 1 is 1.27 bits per heavy atom. The van der Waals surface area contributed by atoms with Crippen LogP contribution in [0.3, 0.4) is 0 Å². The van der Waals surface area contributed by atoms with Gasteiger partial charge in [0.05, 0.1) is 17.4 Å². The maximum atomic E-state index is 12.2. The molecule has 112 valence electrons. The summed E-state index contributed by atoms with van der Waals surface area (Å²) < 4.78 is 3.58. The van der Waals surface area contributed by atoms with Gasteiger partial charge in [0.1, 0.15) is 5.82 Å². The zero-order valence-electron chi connectivity index (χ0n) is 12.2. The van der Waals surface area contributed by atoms with Gasteiger partial charge in [-0.15, -0.1) is 10.2 Å². The van der Waals surface area contributed by atoms with E-state index in [2.05, 4.69) is 20.6 Å². The molecule has 3 aromatic heterocycles. The van der Waals surface area contributed by atoms with Gasteiger partial charge in [0.15, 0.2) is 5.65 Å². The zero-order chi connectivity index (χ0) is 15.1. The quantitative estimate of drug-likeness (QED) is 0.801. The molecule has 0 bridgehead atoms. The number of carbonyl (C=O) groups excluding carboxylic acids is 1. The minimum atomic E-state index is -0.175. The molecule has 0 aliphatic heterocycles. The van der Waals surface area contributed by atoms with E-state index in [0.717, 1.165) is 30.0 Å². The first-order valence-corrected chi connectivity index (χ1v) is 7.35. The third kappa shape index (κ3) is 2.14. The van der Waals surface area contributed by atoms with E-state index >= 15 is 0 Å². The second kappa shape index (κ2) is 4.94. The van der Waals surface area contributed by atoms with Crippen LogP contribution >= 0.6 is 0 Å². The van der Waals surface area contributed by atoms with Gasteiger partial charge in [-0.25, -0.2) is 0 Å². The number of amides is 1. The van der Waals surface area contributed by atoms with Gasteiger partial charge >= 0.3 is 0 Å². The number of rotatable bonds is 3. The number of nitrogens with zero attached hydrogens (tertiary/aromatic N) is 5. The molecule has 1 aliphatic carbocycles. The molecule has 1 aliphatic rings. The van der Waals surface area contributed by atoms with Gasteiger partial charge in [0, 0.05) is 25.4 Å². The first-order chi connectivity index (χ1) is 10.7. The van der Waals surface area contributed by atoms with E-state index in [1.165, 1.54) is 6.42 Å². The molecule has 7 nitrogen and oxygen atoms in total. The van der Waals surface area contributed by atoms with Crippen LogP contribution in [0, 0.1) is 0 Å². The summed E-state index contributed by atoms with van der Waals surface area (Å²) in [5.74, 6) is 1.30. The minimum Gasteiger partial charge on any atom is -0.321 e. The molecule has 1 fully saturated rings. The van der Waals surface area contributed by atoms with E-state index in [4.69, 9.17) is 0 Å². The molecule has 0 spiro atoms. The van der Waals surface area contributed by atoms with E-state index < -0.39 is 0 Å². The molecule has 1 saturated carbocycles. The molecular formula is C15H16N6O. The van der Waals surface area contributed by atoms with Crippen molar-refractivity contribution in [1.82, 2.24) is 24.4 Å². The highest BCUT2D eigenvalue weighted by Crippen LogP contribution is 2.35. The first-order valence-electron chi connectivity index (χ1n) is 7.35. The molecule has 0 saturated heterocycles. The average molecular weight is 296 g/mol. The highest BCUT2D eigenvalue weighted by atomic mass is 16.1. The van der Waals surface area contributed by atoms with Crippen molar-refractivity contribution in [2.75, 3.05) is 5.32 Å². The number of fused-ring (bicyclic) bond motifs is 1. The van der Waals surface area contributed by atoms with Crippen LogP contribution in [0.4, 0.5) is 5.69 Å². The lowest BCUT2D eigenvalue weighted by Crippen LogP contribution is -2.14. The van der Waals surface area contributed by atoms with Gasteiger partial charge in [-0.1, -0.05) is 6.42 Å². The maximum Gasteiger partial charge on any atom is 0.258 e. The van der Waals surface area contributed by atoms with E-state index in [9.17, 15) is 4.79 Å². The fourth-order valence-corrected chi connectivity index (χ4v) is 2.67. The van der Waals surface area contributed by atoms with Crippen molar-refractivity contribution in [3.63, 3.8) is 0 Å². The molecule has 22 heavy (non-hydrogen) atoms. The lowest BCUT2D eigenvalue weighted by Gasteiger charge is -2.23. The lowest BCUT2D eigenvalue weighted by atomic mass is 9.85. The third-order valence-corrected chi connectivity index (χ3v) is 4.12. The van der Waals surface area contributed by atoms with E-state index in [0.29, 0.717) is 11.5 Å². The number of aryl methyl sites for hydroxylation is 1. The van der Waals surface area contributed by atoms with E-state index in [1.54, 1.807) is 24.1 Å². The highest BCUT2D eigenvalue weighted by molar-refractivity contribution is 6.03. The van der Waals surface area contributed by atoms with Crippen LogP contribution in [0.15, 0.2) is 30.7 Å². The van der Waals surface area contributed by atoms with Crippen molar-refractivity contribution in [3.05, 3.63) is 42.1 Å². The summed E-state index contributed by atoms with van der Waals surface area (Å²) >= 11 is 0. The van der Waals surface area contributed by atoms with Crippen LogP contribution in [0.25, 0.3) is 5.65 Å². The van der Waals surface area contributed by atoms with E-state index in [1.807, 2.05) is 22.7 Å². The van der Waals surface area contributed by atoms with Crippen molar-refractivity contribution < 1.29 is 4.79 Å². The molecule has 0 unspecified atom stereocenters. The van der Waals surface area contributed by atoms with E-state index in [-0.39, 0.29) is 5.91 Å². The predicted octanol–water partition coefficient (Wildman–Crippen LogP) is 1.98. The lowest BCUT2D eigenvalue weighted by molar-refractivity contribution is 0.102. The van der Waals surface area contributed by atoms with Crippen LogP contribution < -0.4 is 5.32 Å². The Balaban J connectivity index is 1.62. The second-order valence-electron chi connectivity index (χ2n) is 5.69. The summed E-state index contributed by atoms with van der Waals surface area (Å²) in [6, 6.07) is 3.71. The maximum absolute atomic E-state index is 12.2. The Hall–Kier alpha value is -2.70. The molecule has 0 aromatic carbocycles. The molecule has 0 radical (unpaired) electrons. The van der Waals surface area contributed by atoms with Crippen molar-refractivity contribution in [2.45, 2.75) is 25.2 Å². The van der Waals surface area contributed by atoms with Gasteiger partial charge in [-0.05, 0) is 25.0 Å². The Bertz CT molecular complexity index is 845. The van der Waals surface area contributed by atoms with Crippen molar-refractivity contribution in [1.29, 1.82) is 0 Å². The Kier molecular flexibility index (Phi) is 2.92. The van der Waals surface area contributed by atoms with Crippen molar-refractivity contribution >= 4 is 17.2 Å². The largest absolute Gasteiger partial charge is 0.321 e. The summed E-state index contributed by atoms with van der Waals surface area (Å²) in [5, 5.41) is 15.4. The normalized spacial score (nSPS) is 15.0. The fourth-order valence-electron chi connectivity index (χ4n) is 2.67. The summed E-state index contributed by atoms with van der Waals surface area (Å²) in [5.41, 5.74) is 2.06. The topological polar surface area (TPSA) is 77.1 Å². The zero-order valence-corrected chi connectivity index (χ0v) is 12.2. The van der Waals surface area contributed by atoms with Gasteiger partial charge in [0.25, 0.3) is 5.91 Å². The SMILES string of the molecule is Cn1cc(C(=O)Nc2ccc3nnc(C4CCC4)n3c2)cn1. The number of pyridine rings is 1. The third-order valence-electron chi connectivity index (χ3n) is 4.12. The summed E-state index contributed by atoms with van der Waals surface area (Å²) in [6.07, 6.45) is 8.69. The molecule has 7 heteroatoms. The molecule has 4 rings (SSSR count). The van der Waals surface area contributed by atoms with Gasteiger partial charge in [-0.3, -0.25) is 13.9 Å². The van der Waals surface area contributed by atoms with Crippen LogP contribution in [0.2, 0.25) is 0 Å². The molecule has 3 aromatic rings. The monoisotopic (exact) mass is 296 g/mol. The smallest absolute Gasteiger partial charge is 0.258 e. The minimum absolute atomic E-state index is 0.175. The van der Waals surface area contributed by atoms with Crippen LogP contribution in [0.5, 0.6) is 0 Å². The second-order valence-corrected chi connectivity index (χ2v) is 5.69. The number of anilines is 1. The Morgan fingerprint density at radius 3 is 2.82 bits per heavy atom. The first kappa shape index (κ1) is 13.0. The summed E-state index contributed by atoms with van der Waals surface area (Å²) in [4.78, 5) is 12.2. The summed E-state index contributed by atoms with van der Waals surface area (Å²) in [6.45, 7) is 0. The van der Waals surface area contributed by atoms with Crippen molar-refractivity contribution in [3.8, 4) is 0 Å². The number of hydrogen-bond donors (Lipinski definition) is 1. The molecule has 0 atom stereocenters. The van der Waals surface area contributed by atoms with Crippen LogP contribution in [0.1, 0.15) is 41.4 Å². The summed E-state index contributed by atoms with van der Waals surface area (Å²) in [7, 11) is 1.78. The number of hydrogen-bond acceptors (Lipinski definition) is 4. The number of nitrogens with one attached hydrogen (secondary N) is 1. The molecule has 1 amide bonds. The number of carbonyl (C=O) groups is 1. The van der Waals surface area contributed by atoms with Crippen molar-refractivity contribution in [2.24, 2.45) is 7.05 Å². The van der Waals surface area contributed by atoms with Gasteiger partial charge in [0.2, 0.25) is 0 Å². The molecule has 1 N–H and O–H groups in total. The predicted molar refractivity (Wildman–Crippen MR) is 80.7 cm³/mol. The van der Waals surface area contributed by atoms with Crippen LogP contribution in [-0.2, 0) is 7.05 Å². The Labute approximate surface area is 127 Å². The highest BCUT2D eigenvalue weighted by Gasteiger charge is 2.24. The molecule has 3 heterocycles. The Morgan fingerprint density at radius 2 is 2.14 bits per heavy atom. The molecular weight excluding hydrogens is 280 g/mol. The van der Waals surface area contributed by atoms with Crippen LogP contribution in [-0.4, -0.2) is 30.3 Å².